The Labute approximate surface area is 140 Å². The highest BCUT2D eigenvalue weighted by atomic mass is 32.2. The minimum absolute atomic E-state index is 0.263. The first kappa shape index (κ1) is 17.4. The van der Waals surface area contributed by atoms with Crippen molar-refractivity contribution in [3.05, 3.63) is 71.6 Å². The van der Waals surface area contributed by atoms with E-state index in [2.05, 4.69) is 4.98 Å². The molecule has 0 aliphatic carbocycles. The van der Waals surface area contributed by atoms with E-state index in [9.17, 15) is 13.2 Å². The Morgan fingerprint density at radius 2 is 1.92 bits per heavy atom. The van der Waals surface area contributed by atoms with Crippen LogP contribution in [0, 0.1) is 11.3 Å². The van der Waals surface area contributed by atoms with E-state index in [1.807, 2.05) is 10.8 Å². The van der Waals surface area contributed by atoms with E-state index in [1.165, 1.54) is 12.1 Å². The fourth-order valence-corrected chi connectivity index (χ4v) is 3.17. The van der Waals surface area contributed by atoms with Crippen molar-refractivity contribution in [1.29, 1.82) is 5.26 Å². The lowest BCUT2D eigenvalue weighted by Crippen LogP contribution is -2.30. The Balaban J connectivity index is 2.12. The highest BCUT2D eigenvalue weighted by Crippen LogP contribution is 2.13. The summed E-state index contributed by atoms with van der Waals surface area (Å²) in [5, 5.41) is 9.00. The second-order valence-corrected chi connectivity index (χ2v) is 6.78. The first-order chi connectivity index (χ1) is 11.4. The SMILES string of the molecule is C/C(=C\C(=O)NS(=O)(=O)Cc1ccccc1C#N)c1ccncc1. The molecule has 1 amide bonds. The summed E-state index contributed by atoms with van der Waals surface area (Å²) in [7, 11) is -3.90. The van der Waals surface area contributed by atoms with E-state index < -0.39 is 21.7 Å². The van der Waals surface area contributed by atoms with E-state index in [0.29, 0.717) is 11.1 Å². The average molecular weight is 341 g/mol. The van der Waals surface area contributed by atoms with Crippen molar-refractivity contribution in [2.24, 2.45) is 0 Å². The van der Waals surface area contributed by atoms with Gasteiger partial charge >= 0.3 is 0 Å². The molecule has 0 unspecified atom stereocenters. The maximum atomic E-state index is 12.1. The van der Waals surface area contributed by atoms with Crippen LogP contribution >= 0.6 is 0 Å². The number of nitrogens with one attached hydrogen (secondary N) is 1. The lowest BCUT2D eigenvalue weighted by atomic mass is 10.1. The van der Waals surface area contributed by atoms with Gasteiger partial charge in [0.05, 0.1) is 17.4 Å². The number of carbonyl (C=O) groups is 1. The molecule has 24 heavy (non-hydrogen) atoms. The normalized spacial score (nSPS) is 11.6. The summed E-state index contributed by atoms with van der Waals surface area (Å²) in [4.78, 5) is 15.8. The van der Waals surface area contributed by atoms with Gasteiger partial charge in [0.1, 0.15) is 0 Å². The van der Waals surface area contributed by atoms with E-state index >= 15 is 0 Å². The van der Waals surface area contributed by atoms with E-state index in [0.717, 1.165) is 5.56 Å². The van der Waals surface area contributed by atoms with Crippen LogP contribution in [0.4, 0.5) is 0 Å². The van der Waals surface area contributed by atoms with Gasteiger partial charge in [-0.05, 0) is 41.8 Å². The number of sulfonamides is 1. The zero-order valence-corrected chi connectivity index (χ0v) is 13.7. The zero-order chi connectivity index (χ0) is 17.6. The molecule has 0 radical (unpaired) electrons. The third kappa shape index (κ3) is 4.76. The predicted molar refractivity (Wildman–Crippen MR) is 89.8 cm³/mol. The van der Waals surface area contributed by atoms with Gasteiger partial charge in [-0.25, -0.2) is 13.1 Å². The summed E-state index contributed by atoms with van der Waals surface area (Å²) in [6, 6.07) is 11.7. The van der Waals surface area contributed by atoms with Crippen LogP contribution in [0.25, 0.3) is 5.57 Å². The van der Waals surface area contributed by atoms with Gasteiger partial charge in [0.25, 0.3) is 5.91 Å². The summed E-state index contributed by atoms with van der Waals surface area (Å²) in [6.45, 7) is 1.70. The third-order valence-electron chi connectivity index (χ3n) is 3.22. The van der Waals surface area contributed by atoms with Crippen LogP contribution in [0.2, 0.25) is 0 Å². The van der Waals surface area contributed by atoms with E-state index in [-0.39, 0.29) is 5.56 Å². The molecule has 0 spiro atoms. The molecule has 0 fully saturated rings. The standard InChI is InChI=1S/C17H15N3O3S/c1-13(14-6-8-19-9-7-14)10-17(21)20-24(22,23)12-16-5-3-2-4-15(16)11-18/h2-10H,12H2,1H3,(H,20,21)/b13-10+. The molecular formula is C17H15N3O3S. The average Bonchev–Trinajstić information content (AvgIpc) is 2.55. The number of hydrogen-bond donors (Lipinski definition) is 1. The van der Waals surface area contributed by atoms with Gasteiger partial charge in [0.2, 0.25) is 10.0 Å². The zero-order valence-electron chi connectivity index (χ0n) is 12.9. The van der Waals surface area contributed by atoms with Crippen molar-refractivity contribution in [1.82, 2.24) is 9.71 Å². The van der Waals surface area contributed by atoms with Crippen LogP contribution in [-0.2, 0) is 20.6 Å². The first-order valence-corrected chi connectivity index (χ1v) is 8.67. The fraction of sp³-hybridized carbons (Fsp3) is 0.118. The summed E-state index contributed by atoms with van der Waals surface area (Å²) >= 11 is 0. The summed E-state index contributed by atoms with van der Waals surface area (Å²) in [5.41, 5.74) is 1.99. The molecule has 1 aromatic carbocycles. The minimum atomic E-state index is -3.90. The number of nitrogens with zero attached hydrogens (tertiary/aromatic N) is 2. The largest absolute Gasteiger partial charge is 0.269 e. The second kappa shape index (κ2) is 7.53. The maximum absolute atomic E-state index is 12.1. The summed E-state index contributed by atoms with van der Waals surface area (Å²) in [5.74, 6) is -1.18. The van der Waals surface area contributed by atoms with Gasteiger partial charge in [-0.15, -0.1) is 0 Å². The van der Waals surface area contributed by atoms with Crippen LogP contribution in [0.15, 0.2) is 54.9 Å². The van der Waals surface area contributed by atoms with Crippen molar-refractivity contribution in [2.75, 3.05) is 0 Å². The highest BCUT2D eigenvalue weighted by Gasteiger charge is 2.16. The lowest BCUT2D eigenvalue weighted by Gasteiger charge is -2.07. The number of allylic oxidation sites excluding steroid dienone is 1. The Bertz CT molecular complexity index is 914. The maximum Gasteiger partial charge on any atom is 0.257 e. The van der Waals surface area contributed by atoms with Crippen molar-refractivity contribution < 1.29 is 13.2 Å². The molecule has 1 aromatic heterocycles. The molecule has 6 nitrogen and oxygen atoms in total. The number of benzene rings is 1. The third-order valence-corrected chi connectivity index (χ3v) is 4.43. The molecular weight excluding hydrogens is 326 g/mol. The molecule has 122 valence electrons. The molecule has 0 bridgehead atoms. The number of pyridine rings is 1. The monoisotopic (exact) mass is 341 g/mol. The quantitative estimate of drug-likeness (QED) is 0.839. The topological polar surface area (TPSA) is 99.9 Å². The number of nitriles is 1. The molecule has 1 heterocycles. The molecule has 0 atom stereocenters. The molecule has 1 N–H and O–H groups in total. The summed E-state index contributed by atoms with van der Waals surface area (Å²) in [6.07, 6.45) is 4.38. The fourth-order valence-electron chi connectivity index (χ4n) is 2.07. The van der Waals surface area contributed by atoms with Gasteiger partial charge in [-0.1, -0.05) is 18.2 Å². The molecule has 0 saturated heterocycles. The minimum Gasteiger partial charge on any atom is -0.269 e. The van der Waals surface area contributed by atoms with Crippen molar-refractivity contribution in [2.45, 2.75) is 12.7 Å². The van der Waals surface area contributed by atoms with E-state index in [4.69, 9.17) is 5.26 Å². The Hall–Kier alpha value is -2.98. The van der Waals surface area contributed by atoms with Crippen LogP contribution < -0.4 is 4.72 Å². The first-order valence-electron chi connectivity index (χ1n) is 7.02. The van der Waals surface area contributed by atoms with Crippen molar-refractivity contribution >= 4 is 21.5 Å². The number of aromatic nitrogens is 1. The van der Waals surface area contributed by atoms with Crippen LogP contribution in [0.1, 0.15) is 23.6 Å². The van der Waals surface area contributed by atoms with Crippen molar-refractivity contribution in [3.63, 3.8) is 0 Å². The van der Waals surface area contributed by atoms with Gasteiger partial charge in [-0.2, -0.15) is 5.26 Å². The Morgan fingerprint density at radius 1 is 1.25 bits per heavy atom. The highest BCUT2D eigenvalue weighted by molar-refractivity contribution is 7.89. The van der Waals surface area contributed by atoms with Gasteiger partial charge < -0.3 is 0 Å². The number of hydrogen-bond acceptors (Lipinski definition) is 5. The molecule has 0 aliphatic heterocycles. The Morgan fingerprint density at radius 3 is 2.58 bits per heavy atom. The molecule has 0 saturated carbocycles. The predicted octanol–water partition coefficient (Wildman–Crippen LogP) is 2.00. The summed E-state index contributed by atoms with van der Waals surface area (Å²) < 4.78 is 26.2. The molecule has 0 aliphatic rings. The second-order valence-electron chi connectivity index (χ2n) is 5.06. The smallest absolute Gasteiger partial charge is 0.257 e. The molecule has 2 rings (SSSR count). The molecule has 7 heteroatoms. The molecule has 2 aromatic rings. The van der Waals surface area contributed by atoms with E-state index in [1.54, 1.807) is 49.6 Å². The van der Waals surface area contributed by atoms with Crippen molar-refractivity contribution in [3.8, 4) is 6.07 Å². The Kier molecular flexibility index (Phi) is 5.45. The number of carbonyl (C=O) groups excluding carboxylic acids is 1. The van der Waals surface area contributed by atoms with Gasteiger partial charge in [0, 0.05) is 18.5 Å². The van der Waals surface area contributed by atoms with Crippen LogP contribution in [0.3, 0.4) is 0 Å². The van der Waals surface area contributed by atoms with Gasteiger partial charge in [-0.3, -0.25) is 9.78 Å². The lowest BCUT2D eigenvalue weighted by molar-refractivity contribution is -0.114. The van der Waals surface area contributed by atoms with Crippen LogP contribution in [-0.4, -0.2) is 19.3 Å². The van der Waals surface area contributed by atoms with Gasteiger partial charge in [0.15, 0.2) is 0 Å². The number of amides is 1. The number of rotatable bonds is 5. The van der Waals surface area contributed by atoms with Crippen LogP contribution in [0.5, 0.6) is 0 Å².